The third-order valence-electron chi connectivity index (χ3n) is 13.8. The van der Waals surface area contributed by atoms with E-state index in [1.54, 1.807) is 102 Å². The molecule has 6 aromatic heterocycles. The van der Waals surface area contributed by atoms with E-state index in [0.717, 1.165) is 66.8 Å². The molecule has 11 rings (SSSR count). The molecule has 18 heteroatoms. The second-order valence-electron chi connectivity index (χ2n) is 19.9. The highest BCUT2D eigenvalue weighted by Gasteiger charge is 2.22. The minimum Gasteiger partial charge on any atom is -0.504 e. The van der Waals surface area contributed by atoms with Gasteiger partial charge in [-0.15, -0.1) is 0 Å². The van der Waals surface area contributed by atoms with Crippen LogP contribution in [0.1, 0.15) is 103 Å². The molecule has 0 amide bonds. The zero-order chi connectivity index (χ0) is 61.4. The van der Waals surface area contributed by atoms with Gasteiger partial charge >= 0.3 is 5.97 Å². The Morgan fingerprint density at radius 3 is 1.11 bits per heavy atom. The van der Waals surface area contributed by atoms with Gasteiger partial charge in [0, 0.05) is 66.2 Å². The number of aromatic hydroxyl groups is 1. The molecule has 5 aromatic carbocycles. The fourth-order valence-corrected chi connectivity index (χ4v) is 9.18. The number of pyridine rings is 6. The molecule has 6 heterocycles. The summed E-state index contributed by atoms with van der Waals surface area (Å²) in [7, 11) is 4.51. The van der Waals surface area contributed by atoms with E-state index >= 15 is 0 Å². The quantitative estimate of drug-likeness (QED) is 0.0593. The van der Waals surface area contributed by atoms with Crippen LogP contribution >= 0.6 is 0 Å². The largest absolute Gasteiger partial charge is 0.504 e. The fourth-order valence-electron chi connectivity index (χ4n) is 9.18. The summed E-state index contributed by atoms with van der Waals surface area (Å²) in [5.41, 5.74) is 9.40. The number of benzene rings is 5. The van der Waals surface area contributed by atoms with Crippen molar-refractivity contribution in [3.05, 3.63) is 256 Å². The number of ether oxygens (including phenoxy) is 5. The molecule has 0 unspecified atom stereocenters. The van der Waals surface area contributed by atoms with Crippen molar-refractivity contribution in [3.63, 3.8) is 0 Å². The van der Waals surface area contributed by atoms with Crippen LogP contribution in [0.4, 0.5) is 13.2 Å². The lowest BCUT2D eigenvalue weighted by Crippen LogP contribution is -2.09. The van der Waals surface area contributed by atoms with Crippen LogP contribution in [-0.4, -0.2) is 73.9 Å². The molecule has 87 heavy (non-hydrogen) atoms. The highest BCUT2D eigenvalue weighted by Crippen LogP contribution is 2.32. The Bertz CT molecular complexity index is 4020. The van der Waals surface area contributed by atoms with Crippen molar-refractivity contribution < 1.29 is 56.3 Å². The lowest BCUT2D eigenvalue weighted by Gasteiger charge is -2.13. The molecule has 0 bridgehead atoms. The normalized spacial score (nSPS) is 10.8. The van der Waals surface area contributed by atoms with Crippen LogP contribution in [0.2, 0.25) is 0 Å². The summed E-state index contributed by atoms with van der Waals surface area (Å²) in [6.07, 6.45) is 12.3. The Hall–Kier alpha value is -10.6. The summed E-state index contributed by atoms with van der Waals surface area (Å²) >= 11 is 0. The van der Waals surface area contributed by atoms with Crippen molar-refractivity contribution in [3.8, 4) is 28.7 Å². The highest BCUT2D eigenvalue weighted by atomic mass is 19.1. The number of halogens is 3. The number of carbonyl (C=O) groups excluding carboxylic acids is 3. The van der Waals surface area contributed by atoms with Crippen LogP contribution < -0.4 is 18.9 Å². The first-order valence-corrected chi connectivity index (χ1v) is 27.6. The maximum atomic E-state index is 13.2. The highest BCUT2D eigenvalue weighted by molar-refractivity contribution is 6.02. The zero-order valence-electron chi connectivity index (χ0n) is 48.2. The summed E-state index contributed by atoms with van der Waals surface area (Å²) in [5, 5.41) is 12.3. The first kappa shape index (κ1) is 61.0. The van der Waals surface area contributed by atoms with Crippen molar-refractivity contribution in [2.45, 2.75) is 59.2 Å². The second kappa shape index (κ2) is 28.8. The Balaban J connectivity index is 0.000000158. The number of methoxy groups -OCH3 is 3. The molecule has 440 valence electrons. The molecule has 0 atom stereocenters. The SMILES string of the molecule is CCC(=O)c1ncc2cc(Cc3ccc(F)cc3)cnc2c1O.CCC(=O)c1ncc2cc(Cc3ccc(F)cc3)cnc2c1OCc1ccc(OC)cc1.COC(=O)c1ncc2cc(Cc3ccc(F)cc3)cnc2c1OCc1ccc(OC)cc1. The Morgan fingerprint density at radius 1 is 0.402 bits per heavy atom. The number of Topliss-reactive ketones (excluding diaryl/α,β-unsaturated/α-hetero) is 2. The zero-order valence-corrected chi connectivity index (χ0v) is 48.2. The molecule has 0 spiro atoms. The number of nitrogens with zero attached hydrogens (tertiary/aromatic N) is 6. The third-order valence-corrected chi connectivity index (χ3v) is 13.8. The predicted octanol–water partition coefficient (Wildman–Crippen LogP) is 13.9. The summed E-state index contributed by atoms with van der Waals surface area (Å²) < 4.78 is 66.6. The lowest BCUT2D eigenvalue weighted by molar-refractivity contribution is 0.0588. The predicted molar refractivity (Wildman–Crippen MR) is 323 cm³/mol. The molecule has 0 radical (unpaired) electrons. The van der Waals surface area contributed by atoms with Gasteiger partial charge in [0.2, 0.25) is 0 Å². The summed E-state index contributed by atoms with van der Waals surface area (Å²) in [5.74, 6) is 0.241. The van der Waals surface area contributed by atoms with Gasteiger partial charge in [-0.3, -0.25) is 24.5 Å². The van der Waals surface area contributed by atoms with Crippen molar-refractivity contribution in [2.75, 3.05) is 21.3 Å². The van der Waals surface area contributed by atoms with E-state index in [0.29, 0.717) is 53.4 Å². The molecule has 0 fully saturated rings. The van der Waals surface area contributed by atoms with Gasteiger partial charge in [0.25, 0.3) is 0 Å². The minimum absolute atomic E-state index is 0.0544. The van der Waals surface area contributed by atoms with Gasteiger partial charge in [-0.2, -0.15) is 0 Å². The average molecular weight is 1170 g/mol. The van der Waals surface area contributed by atoms with Crippen molar-refractivity contribution >= 4 is 50.2 Å². The summed E-state index contributed by atoms with van der Waals surface area (Å²) in [6.45, 7) is 4.00. The van der Waals surface area contributed by atoms with Crippen LogP contribution in [-0.2, 0) is 37.2 Å². The first-order valence-electron chi connectivity index (χ1n) is 27.6. The van der Waals surface area contributed by atoms with E-state index < -0.39 is 5.97 Å². The van der Waals surface area contributed by atoms with E-state index in [-0.39, 0.29) is 77.2 Å². The van der Waals surface area contributed by atoms with Gasteiger partial charge < -0.3 is 28.8 Å². The third kappa shape index (κ3) is 15.6. The monoisotopic (exact) mass is 1170 g/mol. The number of hydrogen-bond donors (Lipinski definition) is 1. The molecule has 1 N–H and O–H groups in total. The second-order valence-corrected chi connectivity index (χ2v) is 19.9. The number of rotatable bonds is 19. The molecular formula is C69H59F3N6O9. The van der Waals surface area contributed by atoms with Crippen LogP contribution in [0.15, 0.2) is 177 Å². The van der Waals surface area contributed by atoms with E-state index in [1.807, 2.05) is 66.7 Å². The van der Waals surface area contributed by atoms with E-state index in [1.165, 1.54) is 43.5 Å². The van der Waals surface area contributed by atoms with E-state index in [9.17, 15) is 32.7 Å². The van der Waals surface area contributed by atoms with E-state index in [4.69, 9.17) is 23.7 Å². The number of ketones is 2. The molecule has 0 aliphatic rings. The topological polar surface area (TPSA) is 195 Å². The van der Waals surface area contributed by atoms with Gasteiger partial charge in [0.15, 0.2) is 40.2 Å². The standard InChI is InChI=1S/C26H23FN2O3.C25H21FN2O4.C18H15FN2O2/c1-3-23(30)25-26(32-16-18-6-10-22(31-2)11-7-18)24-20(15-29-25)13-19(14-28-24)12-17-4-8-21(27)9-5-17;1-30-21-9-5-17(6-10-21)15-32-24-22-19(14-28-23(24)25(29)31-2)12-18(13-27-22)11-16-3-7-20(26)8-4-16;1-2-15(22)17-18(23)16-13(10-21-17)8-12(9-20-16)7-11-3-5-14(19)6-4-11/h4-11,13-15H,3,12,16H2,1-2H3;3-10,12-14H,11,15H2,1-2H3;3-6,8-10,23H,2,7H2,1H3. The Morgan fingerprint density at radius 2 is 0.736 bits per heavy atom. The average Bonchev–Trinajstić information content (AvgIpc) is 2.54. The summed E-state index contributed by atoms with van der Waals surface area (Å²) in [6, 6.07) is 39.7. The van der Waals surface area contributed by atoms with Crippen LogP contribution in [0.25, 0.3) is 32.7 Å². The Kier molecular flexibility index (Phi) is 20.2. The van der Waals surface area contributed by atoms with Crippen LogP contribution in [0, 0.1) is 17.5 Å². The van der Waals surface area contributed by atoms with Crippen molar-refractivity contribution in [1.29, 1.82) is 0 Å². The van der Waals surface area contributed by atoms with Gasteiger partial charge in [-0.05, 0) is 143 Å². The smallest absolute Gasteiger partial charge is 0.360 e. The van der Waals surface area contributed by atoms with Gasteiger partial charge in [0.1, 0.15) is 64.4 Å². The Labute approximate surface area is 499 Å². The van der Waals surface area contributed by atoms with Crippen LogP contribution in [0.5, 0.6) is 28.7 Å². The molecule has 0 saturated heterocycles. The molecule has 11 aromatic rings. The van der Waals surface area contributed by atoms with E-state index in [2.05, 4.69) is 29.9 Å². The number of carbonyl (C=O) groups is 3. The fraction of sp³-hybridized carbons (Fsp3) is 0.174. The first-order chi connectivity index (χ1) is 42.2. The molecule has 15 nitrogen and oxygen atoms in total. The molecular weight excluding hydrogens is 1110 g/mol. The van der Waals surface area contributed by atoms with Crippen molar-refractivity contribution in [2.24, 2.45) is 0 Å². The lowest BCUT2D eigenvalue weighted by atomic mass is 10.0. The van der Waals surface area contributed by atoms with Gasteiger partial charge in [0.05, 0.1) is 21.3 Å². The van der Waals surface area contributed by atoms with Gasteiger partial charge in [-0.25, -0.2) is 32.9 Å². The molecule has 0 saturated carbocycles. The maximum absolute atomic E-state index is 13.2. The van der Waals surface area contributed by atoms with Crippen LogP contribution in [0.3, 0.4) is 0 Å². The molecule has 0 aliphatic heterocycles. The number of fused-ring (bicyclic) bond motifs is 3. The number of hydrogen-bond acceptors (Lipinski definition) is 15. The molecule has 0 aliphatic carbocycles. The van der Waals surface area contributed by atoms with Crippen molar-refractivity contribution in [1.82, 2.24) is 29.9 Å². The summed E-state index contributed by atoms with van der Waals surface area (Å²) in [4.78, 5) is 62.6. The maximum Gasteiger partial charge on any atom is 0.360 e. The van der Waals surface area contributed by atoms with Gasteiger partial charge in [-0.1, -0.05) is 74.5 Å². The minimum atomic E-state index is -0.603. The number of esters is 1. The number of aromatic nitrogens is 6.